The molecule has 0 saturated carbocycles. The van der Waals surface area contributed by atoms with Crippen LogP contribution in [0.4, 0.5) is 0 Å². The van der Waals surface area contributed by atoms with E-state index in [0.717, 1.165) is 19.4 Å². The minimum absolute atomic E-state index is 0.101. The van der Waals surface area contributed by atoms with E-state index in [1.54, 1.807) is 0 Å². The molecule has 0 rings (SSSR count). The second-order valence-corrected chi connectivity index (χ2v) is 6.54. The van der Waals surface area contributed by atoms with Gasteiger partial charge in [0.05, 0.1) is 0 Å². The van der Waals surface area contributed by atoms with Crippen LogP contribution in [0.3, 0.4) is 0 Å². The molecular weight excluding hydrogens is 226 g/mol. The van der Waals surface area contributed by atoms with E-state index in [-0.39, 0.29) is 11.4 Å². The van der Waals surface area contributed by atoms with Crippen LogP contribution in [0.5, 0.6) is 0 Å². The average Bonchev–Trinajstić information content (AvgIpc) is 2.19. The van der Waals surface area contributed by atoms with Crippen molar-refractivity contribution in [2.45, 2.75) is 58.5 Å². The molecule has 0 aromatic rings. The topological polar surface area (TPSA) is 58.4 Å². The summed E-state index contributed by atoms with van der Waals surface area (Å²) >= 11 is 0. The van der Waals surface area contributed by atoms with Crippen LogP contribution in [0, 0.1) is 5.92 Å². The molecule has 0 fully saturated rings. The molecular formula is C14H31N3O. The highest BCUT2D eigenvalue weighted by atomic mass is 16.1. The van der Waals surface area contributed by atoms with Crippen LogP contribution in [0.15, 0.2) is 0 Å². The van der Waals surface area contributed by atoms with Gasteiger partial charge in [-0.1, -0.05) is 13.8 Å². The molecule has 0 radical (unpaired) electrons. The highest BCUT2D eigenvalue weighted by molar-refractivity contribution is 5.75. The second-order valence-electron chi connectivity index (χ2n) is 6.54. The highest BCUT2D eigenvalue weighted by Gasteiger charge is 2.16. The number of carbonyl (C=O) groups excluding carboxylic acids is 1. The Balaban J connectivity index is 4.00. The van der Waals surface area contributed by atoms with Crippen molar-refractivity contribution in [3.05, 3.63) is 0 Å². The molecule has 1 atom stereocenters. The molecule has 0 aliphatic heterocycles. The molecule has 0 aromatic carbocycles. The van der Waals surface area contributed by atoms with Crippen molar-refractivity contribution >= 4 is 5.91 Å². The summed E-state index contributed by atoms with van der Waals surface area (Å²) in [6.45, 7) is 9.02. The molecule has 0 aliphatic rings. The van der Waals surface area contributed by atoms with Crippen LogP contribution in [-0.4, -0.2) is 43.0 Å². The molecule has 108 valence electrons. The van der Waals surface area contributed by atoms with Crippen molar-refractivity contribution in [2.75, 3.05) is 20.6 Å². The lowest BCUT2D eigenvalue weighted by Gasteiger charge is -2.26. The van der Waals surface area contributed by atoms with E-state index in [0.29, 0.717) is 18.4 Å². The van der Waals surface area contributed by atoms with Gasteiger partial charge in [0, 0.05) is 24.5 Å². The molecule has 0 bridgehead atoms. The summed E-state index contributed by atoms with van der Waals surface area (Å²) in [7, 11) is 4.12. The van der Waals surface area contributed by atoms with Gasteiger partial charge in [0.25, 0.3) is 0 Å². The number of nitrogens with two attached hydrogens (primary N) is 1. The fourth-order valence-electron chi connectivity index (χ4n) is 1.78. The number of nitrogens with one attached hydrogen (secondary N) is 1. The lowest BCUT2D eigenvalue weighted by molar-refractivity contribution is -0.121. The van der Waals surface area contributed by atoms with E-state index in [4.69, 9.17) is 5.73 Å². The van der Waals surface area contributed by atoms with Gasteiger partial charge < -0.3 is 16.0 Å². The van der Waals surface area contributed by atoms with Crippen LogP contribution < -0.4 is 11.1 Å². The smallest absolute Gasteiger partial charge is 0.220 e. The van der Waals surface area contributed by atoms with Gasteiger partial charge in [0.15, 0.2) is 0 Å². The zero-order valence-corrected chi connectivity index (χ0v) is 12.9. The number of rotatable bonds is 8. The lowest BCUT2D eigenvalue weighted by Crippen LogP contribution is -2.41. The van der Waals surface area contributed by atoms with Gasteiger partial charge in [0.2, 0.25) is 5.91 Å². The van der Waals surface area contributed by atoms with Crippen LogP contribution in [0.25, 0.3) is 0 Å². The Morgan fingerprint density at radius 1 is 1.33 bits per heavy atom. The van der Waals surface area contributed by atoms with E-state index in [1.807, 2.05) is 13.8 Å². The Kier molecular flexibility index (Phi) is 7.48. The van der Waals surface area contributed by atoms with Gasteiger partial charge in [-0.25, -0.2) is 0 Å². The summed E-state index contributed by atoms with van der Waals surface area (Å²) in [4.78, 5) is 13.9. The van der Waals surface area contributed by atoms with Crippen molar-refractivity contribution in [3.63, 3.8) is 0 Å². The van der Waals surface area contributed by atoms with Gasteiger partial charge in [-0.15, -0.1) is 0 Å². The predicted octanol–water partition coefficient (Wildman–Crippen LogP) is 1.60. The van der Waals surface area contributed by atoms with E-state index in [9.17, 15) is 4.79 Å². The summed E-state index contributed by atoms with van der Waals surface area (Å²) in [5.41, 5.74) is 5.60. The molecule has 1 amide bonds. The van der Waals surface area contributed by atoms with Crippen LogP contribution in [0.1, 0.15) is 47.0 Å². The summed E-state index contributed by atoms with van der Waals surface area (Å²) in [5, 5.41) is 3.01. The first-order valence-corrected chi connectivity index (χ1v) is 6.84. The van der Waals surface area contributed by atoms with E-state index in [2.05, 4.69) is 38.2 Å². The summed E-state index contributed by atoms with van der Waals surface area (Å²) in [6.07, 6.45) is 2.32. The second kappa shape index (κ2) is 7.74. The van der Waals surface area contributed by atoms with E-state index in [1.165, 1.54) is 0 Å². The number of hydrogen-bond acceptors (Lipinski definition) is 3. The molecule has 0 aromatic heterocycles. The van der Waals surface area contributed by atoms with Gasteiger partial charge in [-0.3, -0.25) is 4.79 Å². The number of carbonyl (C=O) groups is 1. The maximum atomic E-state index is 11.7. The first-order chi connectivity index (χ1) is 8.11. The van der Waals surface area contributed by atoms with Gasteiger partial charge in [-0.2, -0.15) is 0 Å². The maximum absolute atomic E-state index is 11.7. The molecule has 0 saturated heterocycles. The van der Waals surface area contributed by atoms with Gasteiger partial charge in [0.1, 0.15) is 0 Å². The van der Waals surface area contributed by atoms with Gasteiger partial charge >= 0.3 is 0 Å². The summed E-state index contributed by atoms with van der Waals surface area (Å²) in [5.74, 6) is 0.737. The van der Waals surface area contributed by atoms with Crippen molar-refractivity contribution in [3.8, 4) is 0 Å². The van der Waals surface area contributed by atoms with Crippen molar-refractivity contribution < 1.29 is 4.79 Å². The minimum Gasteiger partial charge on any atom is -0.355 e. The lowest BCUT2D eigenvalue weighted by atomic mass is 9.99. The molecule has 1 unspecified atom stereocenters. The number of nitrogens with zero attached hydrogens (tertiary/aromatic N) is 1. The Bertz CT molecular complexity index is 244. The van der Waals surface area contributed by atoms with Crippen LogP contribution in [-0.2, 0) is 4.79 Å². The first-order valence-electron chi connectivity index (χ1n) is 6.84. The molecule has 3 N–H and O–H groups in total. The van der Waals surface area contributed by atoms with E-state index >= 15 is 0 Å². The Hall–Kier alpha value is -0.610. The predicted molar refractivity (Wildman–Crippen MR) is 77.4 cm³/mol. The van der Waals surface area contributed by atoms with E-state index < -0.39 is 0 Å². The standard InChI is InChI=1S/C14H31N3O/c1-11(2)9-12(17(5)6)10-16-13(18)7-8-14(3,4)15/h11-12H,7-10,15H2,1-6H3,(H,16,18). The third kappa shape index (κ3) is 9.42. The first kappa shape index (κ1) is 17.4. The van der Waals surface area contributed by atoms with Crippen LogP contribution >= 0.6 is 0 Å². The molecule has 0 aliphatic carbocycles. The molecule has 0 spiro atoms. The summed E-state index contributed by atoms with van der Waals surface area (Å²) < 4.78 is 0. The summed E-state index contributed by atoms with van der Waals surface area (Å²) in [6, 6.07) is 0.403. The zero-order chi connectivity index (χ0) is 14.3. The van der Waals surface area contributed by atoms with Crippen molar-refractivity contribution in [1.82, 2.24) is 10.2 Å². The minimum atomic E-state index is -0.268. The van der Waals surface area contributed by atoms with Gasteiger partial charge in [-0.05, 0) is 46.7 Å². The molecule has 4 nitrogen and oxygen atoms in total. The molecule has 4 heteroatoms. The zero-order valence-electron chi connectivity index (χ0n) is 12.9. The third-order valence-corrected chi connectivity index (χ3v) is 3.01. The Labute approximate surface area is 112 Å². The number of likely N-dealkylation sites (N-methyl/N-ethyl adjacent to an activating group) is 1. The fourth-order valence-corrected chi connectivity index (χ4v) is 1.78. The molecule has 0 heterocycles. The molecule has 18 heavy (non-hydrogen) atoms. The van der Waals surface area contributed by atoms with Crippen molar-refractivity contribution in [2.24, 2.45) is 11.7 Å². The Morgan fingerprint density at radius 3 is 2.28 bits per heavy atom. The normalized spacial score (nSPS) is 14.1. The Morgan fingerprint density at radius 2 is 1.89 bits per heavy atom. The highest BCUT2D eigenvalue weighted by Crippen LogP contribution is 2.09. The maximum Gasteiger partial charge on any atom is 0.220 e. The fraction of sp³-hybridized carbons (Fsp3) is 0.929. The third-order valence-electron chi connectivity index (χ3n) is 3.01. The quantitative estimate of drug-likeness (QED) is 0.694. The SMILES string of the molecule is CC(C)CC(CNC(=O)CCC(C)(C)N)N(C)C. The number of hydrogen-bond donors (Lipinski definition) is 2. The van der Waals surface area contributed by atoms with Crippen LogP contribution in [0.2, 0.25) is 0 Å². The van der Waals surface area contributed by atoms with Crippen molar-refractivity contribution in [1.29, 1.82) is 0 Å². The average molecular weight is 257 g/mol. The monoisotopic (exact) mass is 257 g/mol. The number of amides is 1. The largest absolute Gasteiger partial charge is 0.355 e.